The Kier molecular flexibility index (Phi) is 3.75. The third-order valence-corrected chi connectivity index (χ3v) is 2.34. The van der Waals surface area contributed by atoms with Gasteiger partial charge in [-0.3, -0.25) is 0 Å². The van der Waals surface area contributed by atoms with Crippen LogP contribution in [0, 0.1) is 13.0 Å². The maximum absolute atomic E-state index is 3.32. The summed E-state index contributed by atoms with van der Waals surface area (Å²) in [5.41, 5.74) is 2.68. The molecule has 0 aliphatic carbocycles. The van der Waals surface area contributed by atoms with Gasteiger partial charge in [0.05, 0.1) is 0 Å². The van der Waals surface area contributed by atoms with Gasteiger partial charge in [-0.25, -0.2) is 0 Å². The number of hydrogen-bond acceptors (Lipinski definition) is 0. The second-order valence-corrected chi connectivity index (χ2v) is 3.31. The lowest BCUT2D eigenvalue weighted by atomic mass is 9.92. The van der Waals surface area contributed by atoms with Gasteiger partial charge in [-0.15, -0.1) is 0 Å². The quantitative estimate of drug-likeness (QED) is 0.609. The van der Waals surface area contributed by atoms with Crippen LogP contribution in [0.4, 0.5) is 0 Å². The van der Waals surface area contributed by atoms with E-state index in [-0.39, 0.29) is 0 Å². The highest BCUT2D eigenvalue weighted by Gasteiger charge is 2.06. The lowest BCUT2D eigenvalue weighted by Gasteiger charge is -2.12. The summed E-state index contributed by atoms with van der Waals surface area (Å²) in [6, 6.07) is 9.51. The molecule has 1 rings (SSSR count). The molecule has 0 bridgehead atoms. The number of allylic oxidation sites excluding steroid dienone is 2. The smallest absolute Gasteiger partial charge is 0.00240 e. The molecule has 1 aromatic carbocycles. The van der Waals surface area contributed by atoms with Crippen LogP contribution in [0.2, 0.25) is 0 Å². The first-order valence-electron chi connectivity index (χ1n) is 4.89. The average Bonchev–Trinajstić information content (AvgIpc) is 2.16. The Bertz CT molecular complexity index is 284. The highest BCUT2D eigenvalue weighted by atomic mass is 14.1. The molecule has 0 amide bonds. The van der Waals surface area contributed by atoms with E-state index in [1.54, 1.807) is 0 Å². The van der Waals surface area contributed by atoms with Crippen molar-refractivity contribution in [1.29, 1.82) is 0 Å². The van der Waals surface area contributed by atoms with E-state index < -0.39 is 0 Å². The highest BCUT2D eigenvalue weighted by molar-refractivity contribution is 5.30. The molecule has 1 radical (unpaired) electrons. The maximum atomic E-state index is 3.32. The SMILES string of the molecule is CC=CC(CC)c1[c]cccc1C. The molecule has 0 aliphatic heterocycles. The topological polar surface area (TPSA) is 0 Å². The molecular weight excluding hydrogens is 156 g/mol. The predicted octanol–water partition coefficient (Wildman–Crippen LogP) is 3.86. The molecule has 1 unspecified atom stereocenters. The Morgan fingerprint density at radius 2 is 2.31 bits per heavy atom. The van der Waals surface area contributed by atoms with Crippen molar-refractivity contribution in [3.63, 3.8) is 0 Å². The largest absolute Gasteiger partial charge is 0.0910 e. The number of hydrogen-bond donors (Lipinski definition) is 0. The van der Waals surface area contributed by atoms with Crippen LogP contribution in [0.3, 0.4) is 0 Å². The van der Waals surface area contributed by atoms with E-state index in [0.717, 1.165) is 6.42 Å². The van der Waals surface area contributed by atoms with E-state index in [4.69, 9.17) is 0 Å². The molecule has 69 valence electrons. The molecular formula is C13H17. The van der Waals surface area contributed by atoms with Crippen molar-refractivity contribution in [1.82, 2.24) is 0 Å². The fraction of sp³-hybridized carbons (Fsp3) is 0.385. The molecule has 0 fully saturated rings. The van der Waals surface area contributed by atoms with E-state index in [1.165, 1.54) is 11.1 Å². The second-order valence-electron chi connectivity index (χ2n) is 3.31. The zero-order valence-corrected chi connectivity index (χ0v) is 8.67. The first kappa shape index (κ1) is 10.0. The van der Waals surface area contributed by atoms with E-state index in [2.05, 4.69) is 45.1 Å². The lowest BCUT2D eigenvalue weighted by Crippen LogP contribution is -1.96. The molecule has 0 saturated heterocycles. The number of rotatable bonds is 3. The Hall–Kier alpha value is -1.04. The van der Waals surface area contributed by atoms with E-state index >= 15 is 0 Å². The number of benzene rings is 1. The Morgan fingerprint density at radius 1 is 1.54 bits per heavy atom. The molecule has 0 heterocycles. The zero-order valence-electron chi connectivity index (χ0n) is 8.67. The summed E-state index contributed by atoms with van der Waals surface area (Å²) in [4.78, 5) is 0. The summed E-state index contributed by atoms with van der Waals surface area (Å²) < 4.78 is 0. The monoisotopic (exact) mass is 173 g/mol. The molecule has 1 atom stereocenters. The van der Waals surface area contributed by atoms with E-state index in [1.807, 2.05) is 12.1 Å². The van der Waals surface area contributed by atoms with Crippen molar-refractivity contribution in [3.05, 3.63) is 47.5 Å². The molecule has 0 aromatic heterocycles. The van der Waals surface area contributed by atoms with Crippen LogP contribution >= 0.6 is 0 Å². The van der Waals surface area contributed by atoms with Gasteiger partial charge in [0, 0.05) is 5.92 Å². The molecule has 0 aliphatic rings. The third kappa shape index (κ3) is 2.45. The molecule has 0 nitrogen and oxygen atoms in total. The minimum absolute atomic E-state index is 0.534. The van der Waals surface area contributed by atoms with Gasteiger partial charge in [-0.05, 0) is 37.5 Å². The fourth-order valence-corrected chi connectivity index (χ4v) is 1.60. The van der Waals surface area contributed by atoms with Crippen molar-refractivity contribution >= 4 is 0 Å². The van der Waals surface area contributed by atoms with Crippen LogP contribution in [0.1, 0.15) is 37.3 Å². The fourth-order valence-electron chi connectivity index (χ4n) is 1.60. The Morgan fingerprint density at radius 3 is 2.85 bits per heavy atom. The highest BCUT2D eigenvalue weighted by Crippen LogP contribution is 2.23. The summed E-state index contributed by atoms with van der Waals surface area (Å²) in [5.74, 6) is 0.534. The van der Waals surface area contributed by atoms with Gasteiger partial charge < -0.3 is 0 Å². The summed E-state index contributed by atoms with van der Waals surface area (Å²) in [7, 11) is 0. The third-order valence-electron chi connectivity index (χ3n) is 2.34. The summed E-state index contributed by atoms with van der Waals surface area (Å²) in [6.45, 7) is 6.43. The van der Waals surface area contributed by atoms with Crippen LogP contribution in [0.25, 0.3) is 0 Å². The first-order valence-corrected chi connectivity index (χ1v) is 4.89. The van der Waals surface area contributed by atoms with Gasteiger partial charge in [-0.2, -0.15) is 0 Å². The Balaban J connectivity index is 2.97. The van der Waals surface area contributed by atoms with Crippen LogP contribution in [0.5, 0.6) is 0 Å². The van der Waals surface area contributed by atoms with Gasteiger partial charge in [0.15, 0.2) is 0 Å². The van der Waals surface area contributed by atoms with Crippen molar-refractivity contribution in [2.75, 3.05) is 0 Å². The standard InChI is InChI=1S/C13H17/c1-4-8-12(5-2)13-10-7-6-9-11(13)3/h4,6-9,12H,5H2,1-3H3. The van der Waals surface area contributed by atoms with E-state index in [9.17, 15) is 0 Å². The molecule has 1 aromatic rings. The molecule has 0 heteroatoms. The van der Waals surface area contributed by atoms with Crippen molar-refractivity contribution in [3.8, 4) is 0 Å². The predicted molar refractivity (Wildman–Crippen MR) is 57.9 cm³/mol. The normalized spacial score (nSPS) is 13.5. The van der Waals surface area contributed by atoms with Crippen LogP contribution in [0.15, 0.2) is 30.4 Å². The van der Waals surface area contributed by atoms with Gasteiger partial charge >= 0.3 is 0 Å². The average molecular weight is 173 g/mol. The second kappa shape index (κ2) is 4.86. The van der Waals surface area contributed by atoms with Gasteiger partial charge in [0.1, 0.15) is 0 Å². The van der Waals surface area contributed by atoms with Crippen molar-refractivity contribution in [2.24, 2.45) is 0 Å². The van der Waals surface area contributed by atoms with Crippen molar-refractivity contribution in [2.45, 2.75) is 33.1 Å². The van der Waals surface area contributed by atoms with Gasteiger partial charge in [0.2, 0.25) is 0 Å². The summed E-state index contributed by atoms with van der Waals surface area (Å²) >= 11 is 0. The van der Waals surface area contributed by atoms with Gasteiger partial charge in [0.25, 0.3) is 0 Å². The minimum Gasteiger partial charge on any atom is -0.0910 e. The molecule has 0 N–H and O–H groups in total. The van der Waals surface area contributed by atoms with Gasteiger partial charge in [-0.1, -0.05) is 37.3 Å². The molecule has 13 heavy (non-hydrogen) atoms. The van der Waals surface area contributed by atoms with Crippen LogP contribution in [-0.2, 0) is 0 Å². The summed E-state index contributed by atoms with van der Waals surface area (Å²) in [5, 5.41) is 0. The first-order chi connectivity index (χ1) is 6.29. The molecule has 0 saturated carbocycles. The van der Waals surface area contributed by atoms with E-state index in [0.29, 0.717) is 5.92 Å². The van der Waals surface area contributed by atoms with Crippen LogP contribution in [-0.4, -0.2) is 0 Å². The Labute approximate surface area is 81.3 Å². The zero-order chi connectivity index (χ0) is 9.68. The van der Waals surface area contributed by atoms with Crippen LogP contribution < -0.4 is 0 Å². The maximum Gasteiger partial charge on any atom is 0.00240 e. The molecule has 0 spiro atoms. The summed E-state index contributed by atoms with van der Waals surface area (Å²) in [6.07, 6.45) is 5.51. The lowest BCUT2D eigenvalue weighted by molar-refractivity contribution is 0.796. The van der Waals surface area contributed by atoms with Crippen molar-refractivity contribution < 1.29 is 0 Å². The number of aryl methyl sites for hydroxylation is 1. The minimum atomic E-state index is 0.534.